The van der Waals surface area contributed by atoms with E-state index >= 15 is 0 Å². The summed E-state index contributed by atoms with van der Waals surface area (Å²) in [6.45, 7) is 0. The molecule has 0 bridgehead atoms. The van der Waals surface area contributed by atoms with Gasteiger partial charge < -0.3 is 9.32 Å². The van der Waals surface area contributed by atoms with Crippen molar-refractivity contribution in [2.24, 2.45) is 0 Å². The average molecular weight is 668 g/mol. The summed E-state index contributed by atoms with van der Waals surface area (Å²) in [7, 11) is -2.67. The molecule has 0 unspecified atom stereocenters. The molecule has 0 spiro atoms. The molecule has 240 valence electrons. The number of hydrogen-bond acceptors (Lipinski definition) is 2. The Bertz CT molecular complexity index is 2640. The van der Waals surface area contributed by atoms with E-state index in [1.807, 2.05) is 12.1 Å². The van der Waals surface area contributed by atoms with Gasteiger partial charge in [0.05, 0.1) is 5.69 Å². The summed E-state index contributed by atoms with van der Waals surface area (Å²) in [4.78, 5) is 2.43. The fourth-order valence-corrected chi connectivity index (χ4v) is 13.6. The molecule has 1 aliphatic heterocycles. The second-order valence-corrected chi connectivity index (χ2v) is 17.0. The number of nitrogens with zero attached hydrogens (tertiary/aromatic N) is 1. The van der Waals surface area contributed by atoms with Crippen molar-refractivity contribution in [3.63, 3.8) is 0 Å². The van der Waals surface area contributed by atoms with E-state index in [-0.39, 0.29) is 0 Å². The minimum absolute atomic E-state index is 0.880. The molecule has 0 saturated heterocycles. The molecule has 0 atom stereocenters. The first-order valence-corrected chi connectivity index (χ1v) is 19.5. The summed E-state index contributed by atoms with van der Waals surface area (Å²) >= 11 is 0. The van der Waals surface area contributed by atoms with Crippen molar-refractivity contribution in [2.75, 3.05) is 4.90 Å². The van der Waals surface area contributed by atoms with Gasteiger partial charge in [-0.05, 0) is 73.8 Å². The SMILES string of the molecule is c1ccc(-c2ccc(N(c3ccc4c(c3)oc3ccccc34)c3cccc4c3-c3ccccc3[Si]4(c3ccccc3)c3ccccc3)cc2)cc1. The number of rotatable bonds is 6. The molecule has 0 fully saturated rings. The van der Waals surface area contributed by atoms with E-state index in [9.17, 15) is 0 Å². The summed E-state index contributed by atoms with van der Waals surface area (Å²) in [5.74, 6) is 0. The van der Waals surface area contributed by atoms with E-state index in [0.29, 0.717) is 0 Å². The quantitative estimate of drug-likeness (QED) is 0.164. The van der Waals surface area contributed by atoms with Crippen molar-refractivity contribution < 1.29 is 4.42 Å². The van der Waals surface area contributed by atoms with Gasteiger partial charge in [-0.1, -0.05) is 158 Å². The molecule has 0 aliphatic carbocycles. The predicted octanol–water partition coefficient (Wildman–Crippen LogP) is 10.1. The molecule has 10 rings (SSSR count). The molecule has 1 aliphatic rings. The molecule has 0 saturated carbocycles. The number of anilines is 3. The molecule has 0 amide bonds. The first-order valence-electron chi connectivity index (χ1n) is 17.5. The van der Waals surface area contributed by atoms with Gasteiger partial charge in [0.15, 0.2) is 8.07 Å². The first-order chi connectivity index (χ1) is 25.3. The number of furan rings is 1. The fourth-order valence-electron chi connectivity index (χ4n) is 8.37. The summed E-state index contributed by atoms with van der Waals surface area (Å²) in [6, 6.07) is 73.0. The van der Waals surface area contributed by atoms with Gasteiger partial charge in [0.1, 0.15) is 11.2 Å². The van der Waals surface area contributed by atoms with Crippen LogP contribution in [0.25, 0.3) is 44.2 Å². The van der Waals surface area contributed by atoms with Crippen molar-refractivity contribution in [1.29, 1.82) is 0 Å². The fraction of sp³-hybridized carbons (Fsp3) is 0. The lowest BCUT2D eigenvalue weighted by Crippen LogP contribution is -2.72. The van der Waals surface area contributed by atoms with Crippen LogP contribution in [0.15, 0.2) is 205 Å². The van der Waals surface area contributed by atoms with Crippen molar-refractivity contribution in [2.45, 2.75) is 0 Å². The number of para-hydroxylation sites is 1. The van der Waals surface area contributed by atoms with E-state index in [1.54, 1.807) is 0 Å². The Morgan fingerprint density at radius 3 is 1.71 bits per heavy atom. The largest absolute Gasteiger partial charge is 0.456 e. The average Bonchev–Trinajstić information content (AvgIpc) is 3.73. The van der Waals surface area contributed by atoms with E-state index in [4.69, 9.17) is 4.42 Å². The van der Waals surface area contributed by atoms with Crippen molar-refractivity contribution in [3.05, 3.63) is 200 Å². The van der Waals surface area contributed by atoms with Crippen molar-refractivity contribution in [1.82, 2.24) is 0 Å². The Labute approximate surface area is 298 Å². The Kier molecular flexibility index (Phi) is 6.86. The number of benzene rings is 8. The van der Waals surface area contributed by atoms with Gasteiger partial charge in [0.2, 0.25) is 0 Å². The lowest BCUT2D eigenvalue weighted by atomic mass is 10.0. The van der Waals surface area contributed by atoms with Gasteiger partial charge in [-0.15, -0.1) is 0 Å². The molecule has 2 heterocycles. The maximum Gasteiger partial charge on any atom is 0.180 e. The third kappa shape index (κ3) is 4.56. The van der Waals surface area contributed by atoms with Crippen LogP contribution >= 0.6 is 0 Å². The molecule has 2 nitrogen and oxygen atoms in total. The highest BCUT2D eigenvalue weighted by Crippen LogP contribution is 2.44. The standard InChI is InChI=1S/C48H33NOSi/c1-4-15-34(16-5-1)35-27-29-36(30-28-35)49(37-31-32-41-40-21-10-12-24-44(40)50-45(41)33-37)43-23-14-26-47-48(43)42-22-11-13-25-46(42)51(47,38-17-6-2-7-18-38)39-19-8-3-9-20-39/h1-33H. The van der Waals surface area contributed by atoms with Crippen LogP contribution in [0.5, 0.6) is 0 Å². The van der Waals surface area contributed by atoms with Crippen LogP contribution in [0.1, 0.15) is 0 Å². The van der Waals surface area contributed by atoms with Gasteiger partial charge in [-0.2, -0.15) is 0 Å². The summed E-state index contributed by atoms with van der Waals surface area (Å²) < 4.78 is 6.47. The van der Waals surface area contributed by atoms with Crippen molar-refractivity contribution >= 4 is 67.8 Å². The lowest BCUT2D eigenvalue weighted by molar-refractivity contribution is 0.669. The predicted molar refractivity (Wildman–Crippen MR) is 216 cm³/mol. The second-order valence-electron chi connectivity index (χ2n) is 13.3. The van der Waals surface area contributed by atoms with Crippen LogP contribution in [-0.2, 0) is 0 Å². The van der Waals surface area contributed by atoms with E-state index in [2.05, 4.69) is 193 Å². The highest BCUT2D eigenvalue weighted by atomic mass is 28.3. The Morgan fingerprint density at radius 2 is 0.961 bits per heavy atom. The van der Waals surface area contributed by atoms with Crippen LogP contribution < -0.4 is 25.6 Å². The smallest absolute Gasteiger partial charge is 0.180 e. The van der Waals surface area contributed by atoms with Gasteiger partial charge in [0.25, 0.3) is 0 Å². The summed E-state index contributed by atoms with van der Waals surface area (Å²) in [5, 5.41) is 7.88. The van der Waals surface area contributed by atoms with Gasteiger partial charge in [-0.25, -0.2) is 0 Å². The Hall–Kier alpha value is -6.42. The minimum atomic E-state index is -2.67. The van der Waals surface area contributed by atoms with Crippen LogP contribution in [0.3, 0.4) is 0 Å². The lowest BCUT2D eigenvalue weighted by Gasteiger charge is -2.32. The molecule has 1 aromatic heterocycles. The normalized spacial score (nSPS) is 12.9. The molecule has 9 aromatic rings. The van der Waals surface area contributed by atoms with Crippen LogP contribution in [-0.4, -0.2) is 8.07 Å². The third-order valence-corrected chi connectivity index (χ3v) is 15.4. The molecule has 51 heavy (non-hydrogen) atoms. The van der Waals surface area contributed by atoms with Crippen molar-refractivity contribution in [3.8, 4) is 22.3 Å². The molecular formula is C48H33NOSi. The van der Waals surface area contributed by atoms with Crippen LogP contribution in [0.4, 0.5) is 17.1 Å². The third-order valence-electron chi connectivity index (χ3n) is 10.6. The highest BCUT2D eigenvalue weighted by molar-refractivity contribution is 7.22. The highest BCUT2D eigenvalue weighted by Gasteiger charge is 2.49. The van der Waals surface area contributed by atoms with Gasteiger partial charge in [-0.3, -0.25) is 0 Å². The van der Waals surface area contributed by atoms with Crippen LogP contribution in [0.2, 0.25) is 0 Å². The van der Waals surface area contributed by atoms with Gasteiger partial charge >= 0.3 is 0 Å². The summed E-state index contributed by atoms with van der Waals surface area (Å²) in [6.07, 6.45) is 0. The number of fused-ring (bicyclic) bond motifs is 6. The summed E-state index contributed by atoms with van der Waals surface area (Å²) in [5.41, 5.74) is 10.1. The molecular weight excluding hydrogens is 635 g/mol. The monoisotopic (exact) mass is 667 g/mol. The second kappa shape index (κ2) is 11.9. The minimum Gasteiger partial charge on any atom is -0.456 e. The first kappa shape index (κ1) is 29.5. The zero-order chi connectivity index (χ0) is 33.8. The number of hydrogen-bond donors (Lipinski definition) is 0. The maximum atomic E-state index is 6.47. The zero-order valence-corrected chi connectivity index (χ0v) is 28.9. The zero-order valence-electron chi connectivity index (χ0n) is 27.9. The molecule has 0 N–H and O–H groups in total. The topological polar surface area (TPSA) is 16.4 Å². The van der Waals surface area contributed by atoms with E-state index in [1.165, 1.54) is 43.0 Å². The maximum absolute atomic E-state index is 6.47. The molecule has 3 heteroatoms. The van der Waals surface area contributed by atoms with Crippen LogP contribution in [0, 0.1) is 0 Å². The van der Waals surface area contributed by atoms with Gasteiger partial charge in [0, 0.05) is 33.8 Å². The van der Waals surface area contributed by atoms with E-state index in [0.717, 1.165) is 39.0 Å². The van der Waals surface area contributed by atoms with E-state index < -0.39 is 8.07 Å². The Balaban J connectivity index is 1.25. The molecule has 0 radical (unpaired) electrons. The Morgan fingerprint density at radius 1 is 0.392 bits per heavy atom. The molecule has 8 aromatic carbocycles.